The third-order valence-electron chi connectivity index (χ3n) is 7.06. The van der Waals surface area contributed by atoms with Gasteiger partial charge >= 0.3 is 0 Å². The van der Waals surface area contributed by atoms with Crippen LogP contribution in [0.5, 0.6) is 0 Å². The predicted molar refractivity (Wildman–Crippen MR) is 143 cm³/mol. The van der Waals surface area contributed by atoms with Crippen molar-refractivity contribution in [2.75, 3.05) is 49.2 Å². The summed E-state index contributed by atoms with van der Waals surface area (Å²) in [5.41, 5.74) is 4.11. The molecule has 2 aromatic heterocycles. The van der Waals surface area contributed by atoms with Gasteiger partial charge in [-0.2, -0.15) is 10.4 Å². The maximum Gasteiger partial charge on any atom is 0.269 e. The topological polar surface area (TPSA) is 118 Å². The number of nitrogens with zero attached hydrogens (tertiary/aromatic N) is 6. The fourth-order valence-electron chi connectivity index (χ4n) is 4.93. The number of nitrogens with one attached hydrogen (secondary N) is 1. The number of carbonyl (C=O) groups excluding carboxylic acids is 1. The molecule has 0 aliphatic carbocycles. The molecule has 10 nitrogen and oxygen atoms in total. The number of hydrogen-bond donors (Lipinski definition) is 1. The molecule has 194 valence electrons. The highest BCUT2D eigenvalue weighted by molar-refractivity contribution is 5.87. The number of carbonyl (C=O) groups is 1. The van der Waals surface area contributed by atoms with Gasteiger partial charge in [0, 0.05) is 50.6 Å². The lowest BCUT2D eigenvalue weighted by atomic mass is 10.1. The molecule has 0 spiro atoms. The van der Waals surface area contributed by atoms with Crippen molar-refractivity contribution in [1.82, 2.24) is 20.1 Å². The molecule has 4 heterocycles. The van der Waals surface area contributed by atoms with Gasteiger partial charge in [0.15, 0.2) is 0 Å². The molecule has 5 rings (SSSR count). The molecule has 1 fully saturated rings. The first-order valence-electron chi connectivity index (χ1n) is 12.6. The first-order valence-corrected chi connectivity index (χ1v) is 12.6. The van der Waals surface area contributed by atoms with E-state index in [-0.39, 0.29) is 17.5 Å². The first-order chi connectivity index (χ1) is 18.5. The van der Waals surface area contributed by atoms with Crippen LogP contribution in [0, 0.1) is 18.3 Å². The lowest BCUT2D eigenvalue weighted by Crippen LogP contribution is -2.48. The van der Waals surface area contributed by atoms with Crippen LogP contribution >= 0.6 is 0 Å². The van der Waals surface area contributed by atoms with Gasteiger partial charge in [0.05, 0.1) is 36.7 Å². The van der Waals surface area contributed by atoms with E-state index >= 15 is 0 Å². The highest BCUT2D eigenvalue weighted by Crippen LogP contribution is 2.37. The highest BCUT2D eigenvalue weighted by Gasteiger charge is 2.31. The number of H-pyrrole nitrogens is 1. The van der Waals surface area contributed by atoms with Crippen LogP contribution in [0.3, 0.4) is 0 Å². The van der Waals surface area contributed by atoms with Gasteiger partial charge in [-0.15, -0.1) is 0 Å². The quantitative estimate of drug-likeness (QED) is 0.379. The molecule has 1 aromatic carbocycles. The number of anilines is 2. The second-order valence-electron chi connectivity index (χ2n) is 9.32. The summed E-state index contributed by atoms with van der Waals surface area (Å²) in [5, 5.41) is 15.4. The Labute approximate surface area is 220 Å². The van der Waals surface area contributed by atoms with E-state index in [1.165, 1.54) is 11.1 Å². The minimum Gasteiger partial charge on any atom is -0.375 e. The Morgan fingerprint density at radius 3 is 2.76 bits per heavy atom. The zero-order valence-electron chi connectivity index (χ0n) is 21.2. The van der Waals surface area contributed by atoms with Gasteiger partial charge in [-0.25, -0.2) is 10.1 Å². The van der Waals surface area contributed by atoms with Crippen molar-refractivity contribution in [3.05, 3.63) is 93.6 Å². The number of ether oxygens (including phenoxy) is 1. The van der Waals surface area contributed by atoms with Crippen LogP contribution in [-0.2, 0) is 16.1 Å². The second-order valence-corrected chi connectivity index (χ2v) is 9.32. The standard InChI is InChI=1S/C28H29N7O3/c1-20-24(17-31-32-28(20)37)35-18-22-5-2-3-6-23(22)25(35)19-38-14-4-7-27(36)34-12-10-33(11-13-34)26-9-8-21(15-29)16-30-26/h2-9,16-17,25H,10-14,18-19H2,1H3,(H,32,37)/b7-4+/t25-/m1/s1. The van der Waals surface area contributed by atoms with Crippen LogP contribution in [-0.4, -0.2) is 65.4 Å². The largest absolute Gasteiger partial charge is 0.375 e. The van der Waals surface area contributed by atoms with E-state index in [0.717, 1.165) is 11.5 Å². The van der Waals surface area contributed by atoms with Gasteiger partial charge in [0.2, 0.25) is 5.91 Å². The number of hydrogen-bond acceptors (Lipinski definition) is 8. The molecular formula is C28H29N7O3. The SMILES string of the molecule is Cc1c(N2Cc3ccccc3[C@H]2COC/C=C/C(=O)N2CCN(c3ccc(C#N)cn3)CC2)cn[nH]c1=O. The van der Waals surface area contributed by atoms with Crippen LogP contribution in [0.4, 0.5) is 11.5 Å². The predicted octanol–water partition coefficient (Wildman–Crippen LogP) is 2.33. The monoisotopic (exact) mass is 511 g/mol. The molecular weight excluding hydrogens is 482 g/mol. The molecule has 0 radical (unpaired) electrons. The molecule has 0 bridgehead atoms. The maximum absolute atomic E-state index is 12.7. The zero-order valence-corrected chi connectivity index (χ0v) is 21.2. The maximum atomic E-state index is 12.7. The summed E-state index contributed by atoms with van der Waals surface area (Å²) >= 11 is 0. The first kappa shape index (κ1) is 25.2. The number of piperazine rings is 1. The van der Waals surface area contributed by atoms with Crippen molar-refractivity contribution in [3.8, 4) is 6.07 Å². The van der Waals surface area contributed by atoms with Crippen LogP contribution < -0.4 is 15.4 Å². The van der Waals surface area contributed by atoms with Gasteiger partial charge in [0.25, 0.3) is 5.56 Å². The van der Waals surface area contributed by atoms with E-state index in [9.17, 15) is 9.59 Å². The van der Waals surface area contributed by atoms with E-state index in [4.69, 9.17) is 10.00 Å². The molecule has 1 atom stereocenters. The Hall–Kier alpha value is -4.49. The summed E-state index contributed by atoms with van der Waals surface area (Å²) in [4.78, 5) is 35.2. The number of rotatable bonds is 7. The van der Waals surface area contributed by atoms with Crippen LogP contribution in [0.15, 0.2) is 65.7 Å². The molecule has 1 N–H and O–H groups in total. The van der Waals surface area contributed by atoms with E-state index in [1.807, 2.05) is 23.1 Å². The fourth-order valence-corrected chi connectivity index (χ4v) is 4.93. The Bertz CT molecular complexity index is 1420. The number of aromatic amines is 1. The van der Waals surface area contributed by atoms with Crippen molar-refractivity contribution in [2.24, 2.45) is 0 Å². The Kier molecular flexibility index (Phi) is 7.47. The minimum atomic E-state index is -0.200. The van der Waals surface area contributed by atoms with Crippen molar-refractivity contribution in [2.45, 2.75) is 19.5 Å². The Balaban J connectivity index is 1.14. The molecule has 1 saturated heterocycles. The molecule has 1 amide bonds. The summed E-state index contributed by atoms with van der Waals surface area (Å²) in [7, 11) is 0. The Morgan fingerprint density at radius 2 is 2.00 bits per heavy atom. The fraction of sp³-hybridized carbons (Fsp3) is 0.321. The molecule has 10 heteroatoms. The minimum absolute atomic E-state index is 0.0425. The summed E-state index contributed by atoms with van der Waals surface area (Å²) in [6.07, 6.45) is 6.57. The average Bonchev–Trinajstić information content (AvgIpc) is 3.32. The summed E-state index contributed by atoms with van der Waals surface area (Å²) < 4.78 is 5.98. The lowest BCUT2D eigenvalue weighted by molar-refractivity contribution is -0.126. The Morgan fingerprint density at radius 1 is 1.18 bits per heavy atom. The summed E-state index contributed by atoms with van der Waals surface area (Å²) in [6.45, 7) is 5.76. The number of amides is 1. The third-order valence-corrected chi connectivity index (χ3v) is 7.06. The van der Waals surface area contributed by atoms with E-state index < -0.39 is 0 Å². The average molecular weight is 512 g/mol. The van der Waals surface area contributed by atoms with Gasteiger partial charge in [0.1, 0.15) is 11.9 Å². The van der Waals surface area contributed by atoms with Crippen molar-refractivity contribution in [1.29, 1.82) is 5.26 Å². The van der Waals surface area contributed by atoms with Gasteiger partial charge < -0.3 is 19.4 Å². The molecule has 2 aliphatic heterocycles. The number of benzene rings is 1. The molecule has 3 aromatic rings. The normalized spacial score (nSPS) is 17.1. The van der Waals surface area contributed by atoms with E-state index in [2.05, 4.69) is 43.2 Å². The molecule has 38 heavy (non-hydrogen) atoms. The molecule has 0 saturated carbocycles. The lowest BCUT2D eigenvalue weighted by Gasteiger charge is -2.34. The van der Waals surface area contributed by atoms with Crippen LogP contribution in [0.25, 0.3) is 0 Å². The second kappa shape index (κ2) is 11.3. The number of pyridine rings is 1. The van der Waals surface area contributed by atoms with Crippen molar-refractivity contribution < 1.29 is 9.53 Å². The van der Waals surface area contributed by atoms with Crippen molar-refractivity contribution in [3.63, 3.8) is 0 Å². The van der Waals surface area contributed by atoms with Gasteiger partial charge in [-0.3, -0.25) is 9.59 Å². The van der Waals surface area contributed by atoms with Gasteiger partial charge in [-0.1, -0.05) is 30.3 Å². The smallest absolute Gasteiger partial charge is 0.269 e. The van der Waals surface area contributed by atoms with E-state index in [0.29, 0.717) is 57.1 Å². The molecule has 0 unspecified atom stereocenters. The molecule has 2 aliphatic rings. The number of fused-ring (bicyclic) bond motifs is 1. The number of nitriles is 1. The summed E-state index contributed by atoms with van der Waals surface area (Å²) in [5.74, 6) is 0.771. The van der Waals surface area contributed by atoms with Gasteiger partial charge in [-0.05, 0) is 30.2 Å². The van der Waals surface area contributed by atoms with Crippen LogP contribution in [0.2, 0.25) is 0 Å². The van der Waals surface area contributed by atoms with Crippen LogP contribution in [0.1, 0.15) is 28.3 Å². The highest BCUT2D eigenvalue weighted by atomic mass is 16.5. The van der Waals surface area contributed by atoms with E-state index in [1.54, 1.807) is 37.5 Å². The number of aromatic nitrogens is 3. The zero-order chi connectivity index (χ0) is 26.5. The summed E-state index contributed by atoms with van der Waals surface area (Å²) in [6, 6.07) is 13.8. The van der Waals surface area contributed by atoms with Crippen molar-refractivity contribution >= 4 is 17.4 Å². The third kappa shape index (κ3) is 5.28.